The third kappa shape index (κ3) is 5.23. The van der Waals surface area contributed by atoms with Crippen LogP contribution in [0.4, 0.5) is 10.1 Å². The number of ether oxygens (including phenoxy) is 2. The number of hydrogen-bond donors (Lipinski definition) is 1. The van der Waals surface area contributed by atoms with Crippen molar-refractivity contribution >= 4 is 38.2 Å². The van der Waals surface area contributed by atoms with Crippen molar-refractivity contribution in [2.75, 3.05) is 19.1 Å². The molecule has 0 unspecified atom stereocenters. The Bertz CT molecular complexity index is 1510. The molecule has 1 N–H and O–H groups in total. The van der Waals surface area contributed by atoms with Gasteiger partial charge in [-0.25, -0.2) is 13.6 Å². The second kappa shape index (κ2) is 9.80. The Morgan fingerprint density at radius 3 is 2.36 bits per heavy atom. The molecule has 0 spiro atoms. The summed E-state index contributed by atoms with van der Waals surface area (Å²) in [6, 6.07) is 17.4. The predicted molar refractivity (Wildman–Crippen MR) is 141 cm³/mol. The summed E-state index contributed by atoms with van der Waals surface area (Å²) in [5.41, 5.74) is 5.15. The smallest absolute Gasteiger partial charge is 0.296 e. The van der Waals surface area contributed by atoms with E-state index in [1.807, 2.05) is 55.5 Å². The number of aromatic amines is 1. The Kier molecular flexibility index (Phi) is 6.72. The van der Waals surface area contributed by atoms with E-state index < -0.39 is 28.1 Å². The third-order valence-electron chi connectivity index (χ3n) is 5.94. The van der Waals surface area contributed by atoms with Gasteiger partial charge in [-0.2, -0.15) is 9.35 Å². The summed E-state index contributed by atoms with van der Waals surface area (Å²) in [6.45, 7) is 2.06. The van der Waals surface area contributed by atoms with Gasteiger partial charge in [-0.15, -0.1) is 0 Å². The maximum atomic E-state index is 14.4. The molecule has 1 aliphatic rings. The molecule has 0 bridgehead atoms. The Morgan fingerprint density at radius 2 is 1.75 bits per heavy atom. The number of benzene rings is 2. The Labute approximate surface area is 214 Å². The molecule has 4 aromatic rings. The molecule has 0 radical (unpaired) electrons. The summed E-state index contributed by atoms with van der Waals surface area (Å²) in [5.74, 6) is 0. The van der Waals surface area contributed by atoms with E-state index in [1.54, 1.807) is 18.6 Å². The van der Waals surface area contributed by atoms with Gasteiger partial charge in [-0.05, 0) is 35.7 Å². The first-order valence-corrected chi connectivity index (χ1v) is 14.3. The lowest BCUT2D eigenvalue weighted by Crippen LogP contribution is -2.30. The molecule has 10 heteroatoms. The number of aromatic nitrogens is 3. The standard InChI is InChI=1S/C26H26ClFN4O3S/c1-4-21-23(28)22(14-34-21)35-26-29-20-13-19(27)24(30-25(20)31-26)17-7-5-15(6-8-17)16-9-11-18(12-10-16)32-36(2,3)33/h5-13,21-23H,4,14H2,1-3H3,(H,29,30,31)/t21-,22-,23-/m1/s1. The maximum Gasteiger partial charge on any atom is 0.296 e. The van der Waals surface area contributed by atoms with E-state index >= 15 is 0 Å². The molecule has 0 amide bonds. The highest BCUT2D eigenvalue weighted by molar-refractivity contribution is 7.92. The average Bonchev–Trinajstić information content (AvgIpc) is 3.40. The predicted octanol–water partition coefficient (Wildman–Crippen LogP) is 6.20. The topological polar surface area (TPSA) is 89.5 Å². The SMILES string of the molecule is CC[C@H]1OC[C@@H](Oc2nc3nc(-c4ccc(-c5ccc(N=S(C)(C)=O)cc5)cc4)c(Cl)cc3[nH]2)[C@@H]1F. The summed E-state index contributed by atoms with van der Waals surface area (Å²) < 4.78 is 41.7. The minimum absolute atomic E-state index is 0.178. The molecular weight excluding hydrogens is 503 g/mol. The Morgan fingerprint density at radius 1 is 1.11 bits per heavy atom. The Balaban J connectivity index is 1.36. The number of nitrogens with one attached hydrogen (secondary N) is 1. The van der Waals surface area contributed by atoms with Crippen LogP contribution in [-0.4, -0.2) is 56.7 Å². The molecule has 1 fully saturated rings. The third-order valence-corrected chi connectivity index (χ3v) is 6.88. The van der Waals surface area contributed by atoms with Crippen molar-refractivity contribution < 1.29 is 18.1 Å². The highest BCUT2D eigenvalue weighted by Gasteiger charge is 2.38. The first kappa shape index (κ1) is 24.7. The van der Waals surface area contributed by atoms with Crippen molar-refractivity contribution in [2.24, 2.45) is 4.36 Å². The van der Waals surface area contributed by atoms with Crippen LogP contribution in [0.1, 0.15) is 13.3 Å². The van der Waals surface area contributed by atoms with E-state index in [1.165, 1.54) is 0 Å². The molecular formula is C26H26ClFN4O3S. The molecule has 2 aromatic heterocycles. The maximum absolute atomic E-state index is 14.4. The van der Waals surface area contributed by atoms with Gasteiger partial charge in [0.25, 0.3) is 6.01 Å². The van der Waals surface area contributed by atoms with E-state index in [-0.39, 0.29) is 12.6 Å². The van der Waals surface area contributed by atoms with Crippen LogP contribution in [0, 0.1) is 0 Å². The van der Waals surface area contributed by atoms with Gasteiger partial charge in [-0.1, -0.05) is 54.9 Å². The fraction of sp³-hybridized carbons (Fsp3) is 0.308. The Hall–Kier alpha value is -3.01. The normalized spacial score (nSPS) is 20.1. The van der Waals surface area contributed by atoms with Crippen LogP contribution in [-0.2, 0) is 14.5 Å². The van der Waals surface area contributed by atoms with E-state index in [4.69, 9.17) is 21.1 Å². The van der Waals surface area contributed by atoms with E-state index in [0.717, 1.165) is 16.7 Å². The second-order valence-electron chi connectivity index (χ2n) is 9.01. The van der Waals surface area contributed by atoms with E-state index in [0.29, 0.717) is 34.0 Å². The van der Waals surface area contributed by atoms with Gasteiger partial charge in [0.1, 0.15) is 0 Å². The van der Waals surface area contributed by atoms with Crippen LogP contribution < -0.4 is 4.74 Å². The first-order valence-electron chi connectivity index (χ1n) is 11.6. The van der Waals surface area contributed by atoms with Gasteiger partial charge in [0, 0.05) is 27.8 Å². The van der Waals surface area contributed by atoms with E-state index in [2.05, 4.69) is 19.3 Å². The molecule has 0 aliphatic carbocycles. The van der Waals surface area contributed by atoms with Gasteiger partial charge in [0.05, 0.1) is 34.6 Å². The lowest BCUT2D eigenvalue weighted by molar-refractivity contribution is 0.0750. The number of fused-ring (bicyclic) bond motifs is 1. The van der Waals surface area contributed by atoms with Crippen molar-refractivity contribution in [3.8, 4) is 28.4 Å². The molecule has 3 heterocycles. The van der Waals surface area contributed by atoms with Crippen molar-refractivity contribution in [1.29, 1.82) is 0 Å². The van der Waals surface area contributed by atoms with Crippen molar-refractivity contribution in [3.63, 3.8) is 0 Å². The molecule has 36 heavy (non-hydrogen) atoms. The number of halogens is 2. The van der Waals surface area contributed by atoms with E-state index in [9.17, 15) is 8.60 Å². The summed E-state index contributed by atoms with van der Waals surface area (Å²) >= 11 is 6.54. The van der Waals surface area contributed by atoms with Gasteiger partial charge in [0.2, 0.25) is 0 Å². The summed E-state index contributed by atoms with van der Waals surface area (Å²) in [4.78, 5) is 12.0. The summed E-state index contributed by atoms with van der Waals surface area (Å²) in [5, 5.41) is 0.456. The van der Waals surface area contributed by atoms with Crippen molar-refractivity contribution in [2.45, 2.75) is 31.7 Å². The van der Waals surface area contributed by atoms with Gasteiger partial charge in [0.15, 0.2) is 17.9 Å². The zero-order chi connectivity index (χ0) is 25.4. The van der Waals surface area contributed by atoms with Crippen LogP contribution in [0.2, 0.25) is 5.02 Å². The number of nitrogens with zero attached hydrogens (tertiary/aromatic N) is 3. The highest BCUT2D eigenvalue weighted by atomic mass is 35.5. The van der Waals surface area contributed by atoms with Crippen LogP contribution in [0.3, 0.4) is 0 Å². The second-order valence-corrected chi connectivity index (χ2v) is 12.0. The minimum Gasteiger partial charge on any atom is -0.456 e. The largest absolute Gasteiger partial charge is 0.456 e. The molecule has 1 saturated heterocycles. The number of H-pyrrole nitrogens is 1. The van der Waals surface area contributed by atoms with Crippen LogP contribution >= 0.6 is 11.6 Å². The molecule has 0 saturated carbocycles. The quantitative estimate of drug-likeness (QED) is 0.322. The van der Waals surface area contributed by atoms with Crippen LogP contribution in [0.25, 0.3) is 33.5 Å². The number of alkyl halides is 1. The summed E-state index contributed by atoms with van der Waals surface area (Å²) in [6.07, 6.45) is 1.42. The highest BCUT2D eigenvalue weighted by Crippen LogP contribution is 2.32. The van der Waals surface area contributed by atoms with Crippen LogP contribution in [0.15, 0.2) is 59.0 Å². The van der Waals surface area contributed by atoms with Crippen LogP contribution in [0.5, 0.6) is 6.01 Å². The zero-order valence-corrected chi connectivity index (χ0v) is 21.6. The lowest BCUT2D eigenvalue weighted by Gasteiger charge is -2.13. The number of pyridine rings is 1. The zero-order valence-electron chi connectivity index (χ0n) is 20.1. The number of hydrogen-bond acceptors (Lipinski definition) is 6. The first-order chi connectivity index (χ1) is 17.2. The van der Waals surface area contributed by atoms with Crippen molar-refractivity contribution in [1.82, 2.24) is 15.0 Å². The summed E-state index contributed by atoms with van der Waals surface area (Å²) in [7, 11) is -2.20. The average molecular weight is 529 g/mol. The van der Waals surface area contributed by atoms with Gasteiger partial charge < -0.3 is 14.5 Å². The molecule has 2 aromatic carbocycles. The molecule has 1 aliphatic heterocycles. The fourth-order valence-corrected chi connectivity index (χ4v) is 5.06. The fourth-order valence-electron chi connectivity index (χ4n) is 4.17. The number of imidazole rings is 1. The minimum atomic E-state index is -2.20. The molecule has 7 nitrogen and oxygen atoms in total. The molecule has 188 valence electrons. The van der Waals surface area contributed by atoms with Gasteiger partial charge in [-0.3, -0.25) is 0 Å². The monoisotopic (exact) mass is 528 g/mol. The van der Waals surface area contributed by atoms with Crippen molar-refractivity contribution in [3.05, 3.63) is 59.6 Å². The lowest BCUT2D eigenvalue weighted by atomic mass is 10.0. The van der Waals surface area contributed by atoms with Gasteiger partial charge >= 0.3 is 0 Å². The number of rotatable bonds is 6. The molecule has 3 atom stereocenters. The molecule has 5 rings (SSSR count).